The maximum absolute atomic E-state index is 10.3. The highest BCUT2D eigenvalue weighted by Crippen LogP contribution is 2.04. The van der Waals surface area contributed by atoms with Gasteiger partial charge in [-0.1, -0.05) is 36.4 Å². The number of carboxylic acids is 1. The maximum atomic E-state index is 10.3. The molecular formula is C12H10ClNO2. The van der Waals surface area contributed by atoms with Gasteiger partial charge in [-0.25, -0.2) is 4.79 Å². The summed E-state index contributed by atoms with van der Waals surface area (Å²) >= 11 is 0. The van der Waals surface area contributed by atoms with E-state index in [1.54, 1.807) is 12.1 Å². The van der Waals surface area contributed by atoms with Gasteiger partial charge in [0, 0.05) is 6.08 Å². The molecule has 0 spiro atoms. The number of nitrogens with zero attached hydrogens (tertiary/aromatic N) is 1. The van der Waals surface area contributed by atoms with Crippen LogP contribution in [0.15, 0.2) is 48.1 Å². The number of aliphatic carboxylic acids is 1. The van der Waals surface area contributed by atoms with Crippen LogP contribution in [0, 0.1) is 11.3 Å². The Balaban J connectivity index is 0.00000225. The molecule has 0 heterocycles. The molecule has 0 aromatic heterocycles. The summed E-state index contributed by atoms with van der Waals surface area (Å²) in [6.45, 7) is 0. The van der Waals surface area contributed by atoms with Gasteiger partial charge in [0.15, 0.2) is 0 Å². The highest BCUT2D eigenvalue weighted by atomic mass is 35.5. The van der Waals surface area contributed by atoms with Crippen molar-refractivity contribution in [3.8, 4) is 6.07 Å². The van der Waals surface area contributed by atoms with E-state index in [9.17, 15) is 4.79 Å². The van der Waals surface area contributed by atoms with Crippen LogP contribution in [0.5, 0.6) is 0 Å². The molecule has 4 heteroatoms. The van der Waals surface area contributed by atoms with Crippen LogP contribution in [-0.4, -0.2) is 11.1 Å². The van der Waals surface area contributed by atoms with E-state index in [1.807, 2.05) is 30.3 Å². The van der Waals surface area contributed by atoms with Gasteiger partial charge < -0.3 is 5.11 Å². The Hall–Kier alpha value is -2.05. The van der Waals surface area contributed by atoms with Crippen LogP contribution in [0.1, 0.15) is 5.56 Å². The Labute approximate surface area is 99.7 Å². The zero-order valence-corrected chi connectivity index (χ0v) is 9.15. The Bertz CT molecular complexity index is 444. The summed E-state index contributed by atoms with van der Waals surface area (Å²) in [5.74, 6) is -1.12. The molecule has 3 nitrogen and oxygen atoms in total. The predicted octanol–water partition coefficient (Wildman–Crippen LogP) is 2.66. The second-order valence-electron chi connectivity index (χ2n) is 2.79. The number of nitriles is 1. The monoisotopic (exact) mass is 235 g/mol. The molecule has 0 saturated heterocycles. The average molecular weight is 236 g/mol. The normalized spacial score (nSPS) is 10.6. The minimum absolute atomic E-state index is 0. The highest BCUT2D eigenvalue weighted by molar-refractivity contribution is 5.85. The molecule has 0 fully saturated rings. The third-order valence-corrected chi connectivity index (χ3v) is 1.66. The number of halogens is 1. The Morgan fingerprint density at radius 3 is 2.44 bits per heavy atom. The van der Waals surface area contributed by atoms with Crippen molar-refractivity contribution >= 4 is 24.5 Å². The third kappa shape index (κ3) is 4.99. The van der Waals surface area contributed by atoms with Crippen molar-refractivity contribution in [1.29, 1.82) is 5.26 Å². The number of carboxylic acid groups (broad SMARTS) is 1. The Morgan fingerprint density at radius 2 is 1.94 bits per heavy atom. The first kappa shape index (κ1) is 14.0. The lowest BCUT2D eigenvalue weighted by molar-refractivity contribution is -0.131. The molecule has 0 unspecified atom stereocenters. The second kappa shape index (κ2) is 7.27. The predicted molar refractivity (Wildman–Crippen MR) is 64.1 cm³/mol. The van der Waals surface area contributed by atoms with Crippen LogP contribution >= 0.6 is 12.4 Å². The van der Waals surface area contributed by atoms with Crippen LogP contribution in [0.4, 0.5) is 0 Å². The summed E-state index contributed by atoms with van der Waals surface area (Å²) in [6.07, 6.45) is 4.04. The molecule has 1 N–H and O–H groups in total. The number of allylic oxidation sites excluding steroid dienone is 2. The summed E-state index contributed by atoms with van der Waals surface area (Å²) in [5, 5.41) is 17.1. The fourth-order valence-corrected chi connectivity index (χ4v) is 1.00. The molecule has 0 bridgehead atoms. The topological polar surface area (TPSA) is 61.1 Å². The van der Waals surface area contributed by atoms with Crippen molar-refractivity contribution in [3.05, 3.63) is 53.6 Å². The lowest BCUT2D eigenvalue weighted by Crippen LogP contribution is -1.88. The summed E-state index contributed by atoms with van der Waals surface area (Å²) < 4.78 is 0. The van der Waals surface area contributed by atoms with Crippen molar-refractivity contribution in [2.24, 2.45) is 0 Å². The zero-order valence-electron chi connectivity index (χ0n) is 8.33. The minimum atomic E-state index is -1.12. The Kier molecular flexibility index (Phi) is 6.34. The van der Waals surface area contributed by atoms with Crippen molar-refractivity contribution in [2.45, 2.75) is 0 Å². The summed E-state index contributed by atoms with van der Waals surface area (Å²) in [5.41, 5.74) is 1.04. The minimum Gasteiger partial charge on any atom is -0.478 e. The quantitative estimate of drug-likeness (QED) is 0.498. The molecule has 16 heavy (non-hydrogen) atoms. The number of carbonyl (C=O) groups is 1. The molecule has 1 rings (SSSR count). The molecule has 82 valence electrons. The first-order chi connectivity index (χ1) is 7.22. The van der Waals surface area contributed by atoms with Crippen molar-refractivity contribution < 1.29 is 9.90 Å². The van der Waals surface area contributed by atoms with Gasteiger partial charge in [-0.3, -0.25) is 0 Å². The van der Waals surface area contributed by atoms with Crippen molar-refractivity contribution in [2.75, 3.05) is 0 Å². The van der Waals surface area contributed by atoms with E-state index in [0.29, 0.717) is 0 Å². The summed E-state index contributed by atoms with van der Waals surface area (Å²) in [7, 11) is 0. The van der Waals surface area contributed by atoms with Gasteiger partial charge in [-0.15, -0.1) is 12.4 Å². The van der Waals surface area contributed by atoms with E-state index in [2.05, 4.69) is 0 Å². The molecular weight excluding hydrogens is 226 g/mol. The van der Waals surface area contributed by atoms with Crippen LogP contribution in [0.2, 0.25) is 0 Å². The number of hydrogen-bond donors (Lipinski definition) is 1. The van der Waals surface area contributed by atoms with Crippen LogP contribution in [0.3, 0.4) is 0 Å². The van der Waals surface area contributed by atoms with Gasteiger partial charge in [0.1, 0.15) is 0 Å². The standard InChI is InChI=1S/C12H9NO2.ClH/c13-9-11(8-12(14)15)7-6-10-4-2-1-3-5-10;/h1-8H,(H,14,15);1H. The van der Waals surface area contributed by atoms with Crippen molar-refractivity contribution in [1.82, 2.24) is 0 Å². The largest absolute Gasteiger partial charge is 0.478 e. The van der Waals surface area contributed by atoms with Gasteiger partial charge in [0.25, 0.3) is 0 Å². The smallest absolute Gasteiger partial charge is 0.329 e. The number of benzene rings is 1. The number of rotatable bonds is 3. The Morgan fingerprint density at radius 1 is 1.31 bits per heavy atom. The van der Waals surface area contributed by atoms with E-state index in [-0.39, 0.29) is 18.0 Å². The molecule has 0 radical (unpaired) electrons. The zero-order chi connectivity index (χ0) is 11.1. The van der Waals surface area contributed by atoms with E-state index in [0.717, 1.165) is 11.6 Å². The molecule has 0 aliphatic carbocycles. The molecule has 0 saturated carbocycles. The second-order valence-corrected chi connectivity index (χ2v) is 2.79. The van der Waals surface area contributed by atoms with E-state index in [1.165, 1.54) is 6.08 Å². The number of hydrogen-bond acceptors (Lipinski definition) is 2. The van der Waals surface area contributed by atoms with Crippen molar-refractivity contribution in [3.63, 3.8) is 0 Å². The molecule has 1 aromatic rings. The van der Waals surface area contributed by atoms with Crippen LogP contribution in [-0.2, 0) is 4.79 Å². The SMILES string of the molecule is Cl.N#CC(C=Cc1ccccc1)=CC(=O)O. The van der Waals surface area contributed by atoms with E-state index < -0.39 is 5.97 Å². The molecule has 0 aliphatic rings. The van der Waals surface area contributed by atoms with Gasteiger partial charge in [0.05, 0.1) is 11.6 Å². The van der Waals surface area contributed by atoms with Gasteiger partial charge in [-0.05, 0) is 11.6 Å². The van der Waals surface area contributed by atoms with Gasteiger partial charge in [0.2, 0.25) is 0 Å². The first-order valence-electron chi connectivity index (χ1n) is 4.30. The van der Waals surface area contributed by atoms with Gasteiger partial charge in [-0.2, -0.15) is 5.26 Å². The summed E-state index contributed by atoms with van der Waals surface area (Å²) in [6, 6.07) is 11.2. The summed E-state index contributed by atoms with van der Waals surface area (Å²) in [4.78, 5) is 10.3. The van der Waals surface area contributed by atoms with Crippen LogP contribution in [0.25, 0.3) is 6.08 Å². The molecule has 0 aliphatic heterocycles. The molecule has 0 atom stereocenters. The third-order valence-electron chi connectivity index (χ3n) is 1.66. The first-order valence-corrected chi connectivity index (χ1v) is 4.30. The van der Waals surface area contributed by atoms with Gasteiger partial charge >= 0.3 is 5.97 Å². The highest BCUT2D eigenvalue weighted by Gasteiger charge is 1.94. The molecule has 0 amide bonds. The lowest BCUT2D eigenvalue weighted by Gasteiger charge is -1.90. The maximum Gasteiger partial charge on any atom is 0.329 e. The van der Waals surface area contributed by atoms with E-state index >= 15 is 0 Å². The van der Waals surface area contributed by atoms with Crippen LogP contribution < -0.4 is 0 Å². The van der Waals surface area contributed by atoms with E-state index in [4.69, 9.17) is 10.4 Å². The average Bonchev–Trinajstić information content (AvgIpc) is 2.25. The fraction of sp³-hybridized carbons (Fsp3) is 0. The molecule has 1 aromatic carbocycles. The lowest BCUT2D eigenvalue weighted by atomic mass is 10.1. The fourth-order valence-electron chi connectivity index (χ4n) is 1.00.